The lowest BCUT2D eigenvalue weighted by Gasteiger charge is -2.31. The van der Waals surface area contributed by atoms with Gasteiger partial charge in [0, 0.05) is 43.8 Å². The standard InChI is InChI=1S/C20H23N7O2/c1-29-13-17-24-18(26-25-17)14-5-7-16(8-6-14)23-19(28)15-4-2-11-27(12-15)20-21-9-3-10-22-20/h3,5-10,15H,2,4,11-13H2,1H3,(H,23,28)(H,24,25,26)/t15-/m1/s1. The summed E-state index contributed by atoms with van der Waals surface area (Å²) in [6.07, 6.45) is 5.23. The van der Waals surface area contributed by atoms with Crippen LogP contribution in [0.25, 0.3) is 11.4 Å². The SMILES string of the molecule is COCc1nc(-c2ccc(NC(=O)[C@@H]3CCCN(c4ncccn4)C3)cc2)n[nH]1. The number of piperidine rings is 1. The lowest BCUT2D eigenvalue weighted by Crippen LogP contribution is -2.41. The van der Waals surface area contributed by atoms with Crippen molar-refractivity contribution in [1.29, 1.82) is 0 Å². The van der Waals surface area contributed by atoms with Crippen LogP contribution in [0.1, 0.15) is 18.7 Å². The van der Waals surface area contributed by atoms with Gasteiger partial charge in [-0.1, -0.05) is 0 Å². The van der Waals surface area contributed by atoms with E-state index >= 15 is 0 Å². The minimum atomic E-state index is -0.100. The van der Waals surface area contributed by atoms with Crippen molar-refractivity contribution in [2.45, 2.75) is 19.4 Å². The summed E-state index contributed by atoms with van der Waals surface area (Å²) in [6.45, 7) is 1.87. The number of aromatic nitrogens is 5. The van der Waals surface area contributed by atoms with Gasteiger partial charge < -0.3 is 15.0 Å². The molecule has 0 radical (unpaired) electrons. The molecule has 2 aromatic heterocycles. The summed E-state index contributed by atoms with van der Waals surface area (Å²) >= 11 is 0. The highest BCUT2D eigenvalue weighted by Crippen LogP contribution is 2.23. The summed E-state index contributed by atoms with van der Waals surface area (Å²) < 4.78 is 5.04. The fourth-order valence-corrected chi connectivity index (χ4v) is 3.40. The summed E-state index contributed by atoms with van der Waals surface area (Å²) in [5, 5.41) is 10.0. The second kappa shape index (κ2) is 8.78. The van der Waals surface area contributed by atoms with Crippen molar-refractivity contribution in [1.82, 2.24) is 25.1 Å². The molecule has 9 heteroatoms. The van der Waals surface area contributed by atoms with E-state index in [1.165, 1.54) is 0 Å². The molecule has 29 heavy (non-hydrogen) atoms. The minimum absolute atomic E-state index is 0.0126. The van der Waals surface area contributed by atoms with Crippen LogP contribution in [0.3, 0.4) is 0 Å². The van der Waals surface area contributed by atoms with Crippen molar-refractivity contribution < 1.29 is 9.53 Å². The zero-order valence-corrected chi connectivity index (χ0v) is 16.2. The Balaban J connectivity index is 1.37. The van der Waals surface area contributed by atoms with Gasteiger partial charge in [0.25, 0.3) is 0 Å². The van der Waals surface area contributed by atoms with E-state index < -0.39 is 0 Å². The second-order valence-electron chi connectivity index (χ2n) is 6.94. The van der Waals surface area contributed by atoms with Crippen LogP contribution < -0.4 is 10.2 Å². The van der Waals surface area contributed by atoms with E-state index in [1.807, 2.05) is 24.3 Å². The van der Waals surface area contributed by atoms with Crippen LogP contribution in [0.4, 0.5) is 11.6 Å². The Kier molecular flexibility index (Phi) is 5.76. The van der Waals surface area contributed by atoms with Gasteiger partial charge in [-0.15, -0.1) is 0 Å². The highest BCUT2D eigenvalue weighted by atomic mass is 16.5. The maximum atomic E-state index is 12.8. The molecule has 1 aliphatic rings. The van der Waals surface area contributed by atoms with E-state index in [4.69, 9.17) is 4.74 Å². The molecule has 1 fully saturated rings. The number of aromatic amines is 1. The molecule has 3 heterocycles. The zero-order chi connectivity index (χ0) is 20.1. The monoisotopic (exact) mass is 393 g/mol. The van der Waals surface area contributed by atoms with E-state index in [0.717, 1.165) is 30.6 Å². The molecular formula is C20H23N7O2. The van der Waals surface area contributed by atoms with Crippen molar-refractivity contribution >= 4 is 17.5 Å². The fraction of sp³-hybridized carbons (Fsp3) is 0.350. The number of benzene rings is 1. The molecule has 2 N–H and O–H groups in total. The number of nitrogens with one attached hydrogen (secondary N) is 2. The molecule has 1 amide bonds. The Labute approximate surface area is 168 Å². The van der Waals surface area contributed by atoms with E-state index in [2.05, 4.69) is 35.4 Å². The Morgan fingerprint density at radius 1 is 1.28 bits per heavy atom. The van der Waals surface area contributed by atoms with Gasteiger partial charge in [-0.05, 0) is 43.2 Å². The summed E-state index contributed by atoms with van der Waals surface area (Å²) in [6, 6.07) is 9.29. The van der Waals surface area contributed by atoms with Crippen molar-refractivity contribution in [3.8, 4) is 11.4 Å². The number of rotatable bonds is 6. The van der Waals surface area contributed by atoms with Gasteiger partial charge in [0.15, 0.2) is 11.6 Å². The number of methoxy groups -OCH3 is 1. The van der Waals surface area contributed by atoms with Crippen LogP contribution in [-0.2, 0) is 16.1 Å². The third-order valence-corrected chi connectivity index (χ3v) is 4.85. The average molecular weight is 393 g/mol. The summed E-state index contributed by atoms with van der Waals surface area (Å²) in [4.78, 5) is 27.8. The van der Waals surface area contributed by atoms with Gasteiger partial charge >= 0.3 is 0 Å². The van der Waals surface area contributed by atoms with Crippen LogP contribution in [0.2, 0.25) is 0 Å². The van der Waals surface area contributed by atoms with Crippen molar-refractivity contribution in [3.05, 3.63) is 48.5 Å². The van der Waals surface area contributed by atoms with E-state index in [1.54, 1.807) is 25.6 Å². The summed E-state index contributed by atoms with van der Waals surface area (Å²) in [5.41, 5.74) is 1.62. The molecular weight excluding hydrogens is 370 g/mol. The van der Waals surface area contributed by atoms with Crippen molar-refractivity contribution in [3.63, 3.8) is 0 Å². The number of ether oxygens (including phenoxy) is 1. The average Bonchev–Trinajstić information content (AvgIpc) is 3.24. The molecule has 1 atom stereocenters. The molecule has 1 aromatic carbocycles. The number of carbonyl (C=O) groups is 1. The normalized spacial score (nSPS) is 16.6. The molecule has 0 aliphatic carbocycles. The number of amides is 1. The molecule has 0 bridgehead atoms. The molecule has 9 nitrogen and oxygen atoms in total. The Morgan fingerprint density at radius 2 is 2.07 bits per heavy atom. The van der Waals surface area contributed by atoms with Gasteiger partial charge in [-0.3, -0.25) is 9.89 Å². The van der Waals surface area contributed by atoms with Gasteiger partial charge in [-0.2, -0.15) is 5.10 Å². The van der Waals surface area contributed by atoms with Gasteiger partial charge in [-0.25, -0.2) is 15.0 Å². The smallest absolute Gasteiger partial charge is 0.229 e. The molecule has 150 valence electrons. The van der Waals surface area contributed by atoms with Gasteiger partial charge in [0.05, 0.1) is 5.92 Å². The maximum Gasteiger partial charge on any atom is 0.229 e. The van der Waals surface area contributed by atoms with Crippen LogP contribution in [0.5, 0.6) is 0 Å². The van der Waals surface area contributed by atoms with E-state index in [-0.39, 0.29) is 11.8 Å². The third kappa shape index (κ3) is 4.57. The number of hydrogen-bond acceptors (Lipinski definition) is 7. The number of H-pyrrole nitrogens is 1. The lowest BCUT2D eigenvalue weighted by atomic mass is 9.97. The molecule has 0 saturated carbocycles. The molecule has 0 unspecified atom stereocenters. The van der Waals surface area contributed by atoms with E-state index in [0.29, 0.717) is 30.7 Å². The molecule has 1 saturated heterocycles. The number of hydrogen-bond donors (Lipinski definition) is 2. The quantitative estimate of drug-likeness (QED) is 0.661. The first-order valence-corrected chi connectivity index (χ1v) is 9.56. The molecule has 3 aromatic rings. The lowest BCUT2D eigenvalue weighted by molar-refractivity contribution is -0.120. The summed E-state index contributed by atoms with van der Waals surface area (Å²) in [7, 11) is 1.61. The van der Waals surface area contributed by atoms with Gasteiger partial charge in [0.1, 0.15) is 6.61 Å². The van der Waals surface area contributed by atoms with Crippen molar-refractivity contribution in [2.24, 2.45) is 5.92 Å². The molecule has 1 aliphatic heterocycles. The van der Waals surface area contributed by atoms with Crippen LogP contribution in [0, 0.1) is 5.92 Å². The highest BCUT2D eigenvalue weighted by molar-refractivity contribution is 5.93. The Hall–Kier alpha value is -3.33. The molecule has 0 spiro atoms. The zero-order valence-electron chi connectivity index (χ0n) is 16.2. The fourth-order valence-electron chi connectivity index (χ4n) is 3.40. The number of nitrogens with zero attached hydrogens (tertiary/aromatic N) is 5. The Morgan fingerprint density at radius 3 is 2.83 bits per heavy atom. The molecule has 4 rings (SSSR count). The second-order valence-corrected chi connectivity index (χ2v) is 6.94. The first-order valence-electron chi connectivity index (χ1n) is 9.56. The predicted molar refractivity (Wildman–Crippen MR) is 108 cm³/mol. The largest absolute Gasteiger partial charge is 0.377 e. The first-order chi connectivity index (χ1) is 14.2. The van der Waals surface area contributed by atoms with Gasteiger partial charge in [0.2, 0.25) is 11.9 Å². The highest BCUT2D eigenvalue weighted by Gasteiger charge is 2.27. The maximum absolute atomic E-state index is 12.8. The van der Waals surface area contributed by atoms with Crippen LogP contribution >= 0.6 is 0 Å². The van der Waals surface area contributed by atoms with Crippen molar-refractivity contribution in [2.75, 3.05) is 30.4 Å². The minimum Gasteiger partial charge on any atom is -0.377 e. The van der Waals surface area contributed by atoms with Crippen LogP contribution in [0.15, 0.2) is 42.7 Å². The first kappa shape index (κ1) is 19.0. The topological polar surface area (TPSA) is 109 Å². The Bertz CT molecular complexity index is 943. The third-order valence-electron chi connectivity index (χ3n) is 4.85. The summed E-state index contributed by atoms with van der Waals surface area (Å²) in [5.74, 6) is 1.86. The number of carbonyl (C=O) groups excluding carboxylic acids is 1. The number of anilines is 2. The van der Waals surface area contributed by atoms with Crippen LogP contribution in [-0.4, -0.2) is 51.3 Å². The van der Waals surface area contributed by atoms with E-state index in [9.17, 15) is 4.79 Å². The predicted octanol–water partition coefficient (Wildman–Crippen LogP) is 2.26.